The van der Waals surface area contributed by atoms with Gasteiger partial charge < -0.3 is 10.3 Å². The van der Waals surface area contributed by atoms with E-state index in [1.807, 2.05) is 37.3 Å². The Kier molecular flexibility index (Phi) is 5.30. The summed E-state index contributed by atoms with van der Waals surface area (Å²) in [5.41, 5.74) is 2.44. The Bertz CT molecular complexity index is 966. The van der Waals surface area contributed by atoms with Gasteiger partial charge in [0, 0.05) is 11.6 Å². The predicted octanol–water partition coefficient (Wildman–Crippen LogP) is 4.75. The van der Waals surface area contributed by atoms with E-state index < -0.39 is 4.92 Å². The van der Waals surface area contributed by atoms with E-state index in [1.54, 1.807) is 18.3 Å². The van der Waals surface area contributed by atoms with E-state index in [1.165, 1.54) is 13.0 Å². The molecule has 1 heterocycles. The molecule has 7 heteroatoms. The quantitative estimate of drug-likeness (QED) is 0.358. The third-order valence-electron chi connectivity index (χ3n) is 4.35. The van der Waals surface area contributed by atoms with Crippen LogP contribution in [0, 0.1) is 10.1 Å². The third-order valence-corrected chi connectivity index (χ3v) is 4.35. The normalized spacial score (nSPS) is 11.8. The fraction of sp³-hybridized carbons (Fsp3) is 0.200. The molecule has 3 aromatic rings. The fourth-order valence-electron chi connectivity index (χ4n) is 2.85. The lowest BCUT2D eigenvalue weighted by Gasteiger charge is -2.16. The molecule has 0 saturated carbocycles. The number of nitrogens with one attached hydrogen (secondary N) is 2. The lowest BCUT2D eigenvalue weighted by Crippen LogP contribution is -2.13. The number of carbonyl (C=O) groups excluding carboxylic acids is 1. The second kappa shape index (κ2) is 7.82. The number of aromatic nitrogens is 2. The summed E-state index contributed by atoms with van der Waals surface area (Å²) in [6.07, 6.45) is 2.43. The average molecular weight is 364 g/mol. The maximum Gasteiger partial charge on any atom is 0.293 e. The van der Waals surface area contributed by atoms with Gasteiger partial charge in [-0.3, -0.25) is 14.9 Å². The molecule has 3 rings (SSSR count). The summed E-state index contributed by atoms with van der Waals surface area (Å²) in [5.74, 6) is 0.483. The van der Waals surface area contributed by atoms with E-state index in [4.69, 9.17) is 0 Å². The van der Waals surface area contributed by atoms with Gasteiger partial charge >= 0.3 is 0 Å². The number of nitro benzene ring substituents is 1. The number of carbonyl (C=O) groups is 1. The largest absolute Gasteiger partial charge is 0.370 e. The van der Waals surface area contributed by atoms with Crippen molar-refractivity contribution in [2.24, 2.45) is 0 Å². The monoisotopic (exact) mass is 364 g/mol. The number of anilines is 1. The van der Waals surface area contributed by atoms with Gasteiger partial charge in [0.15, 0.2) is 5.78 Å². The molecule has 0 unspecified atom stereocenters. The second-order valence-corrected chi connectivity index (χ2v) is 6.20. The smallest absolute Gasteiger partial charge is 0.293 e. The van der Waals surface area contributed by atoms with Crippen LogP contribution in [0.2, 0.25) is 0 Å². The van der Waals surface area contributed by atoms with Gasteiger partial charge in [-0.15, -0.1) is 0 Å². The van der Waals surface area contributed by atoms with Crippen LogP contribution < -0.4 is 5.32 Å². The van der Waals surface area contributed by atoms with Crippen LogP contribution in [-0.4, -0.2) is 20.7 Å². The van der Waals surface area contributed by atoms with Gasteiger partial charge in [0.05, 0.1) is 22.9 Å². The predicted molar refractivity (Wildman–Crippen MR) is 104 cm³/mol. The molecule has 0 aliphatic heterocycles. The van der Waals surface area contributed by atoms with Gasteiger partial charge in [-0.2, -0.15) is 0 Å². The Hall–Kier alpha value is -3.48. The van der Waals surface area contributed by atoms with Crippen molar-refractivity contribution in [1.29, 1.82) is 0 Å². The van der Waals surface area contributed by atoms with Crippen LogP contribution in [0.25, 0.3) is 11.3 Å². The number of nitro groups is 1. The van der Waals surface area contributed by atoms with Crippen LogP contribution in [0.15, 0.2) is 54.7 Å². The van der Waals surface area contributed by atoms with E-state index in [2.05, 4.69) is 15.3 Å². The molecule has 0 saturated heterocycles. The zero-order valence-electron chi connectivity index (χ0n) is 15.1. The van der Waals surface area contributed by atoms with E-state index in [0.29, 0.717) is 23.5 Å². The van der Waals surface area contributed by atoms with Crippen molar-refractivity contribution in [3.8, 4) is 11.3 Å². The van der Waals surface area contributed by atoms with Crippen molar-refractivity contribution in [3.63, 3.8) is 0 Å². The van der Waals surface area contributed by atoms with Crippen LogP contribution in [0.1, 0.15) is 42.5 Å². The summed E-state index contributed by atoms with van der Waals surface area (Å²) in [6, 6.07) is 14.0. The Morgan fingerprint density at radius 1 is 1.26 bits per heavy atom. The first-order chi connectivity index (χ1) is 13.0. The molecular formula is C20H20N4O3. The van der Waals surface area contributed by atoms with Crippen molar-refractivity contribution in [2.45, 2.75) is 26.3 Å². The maximum atomic E-state index is 11.5. The molecule has 0 spiro atoms. The van der Waals surface area contributed by atoms with Crippen molar-refractivity contribution in [1.82, 2.24) is 9.97 Å². The van der Waals surface area contributed by atoms with Gasteiger partial charge in [-0.25, -0.2) is 4.98 Å². The van der Waals surface area contributed by atoms with Crippen LogP contribution in [-0.2, 0) is 0 Å². The van der Waals surface area contributed by atoms with Gasteiger partial charge in [-0.05, 0) is 31.0 Å². The molecule has 0 bridgehead atoms. The zero-order valence-corrected chi connectivity index (χ0v) is 15.1. The van der Waals surface area contributed by atoms with Crippen molar-refractivity contribution >= 4 is 17.2 Å². The highest BCUT2D eigenvalue weighted by molar-refractivity contribution is 5.95. The number of nitrogens with zero attached hydrogens (tertiary/aromatic N) is 2. The molecule has 0 aliphatic rings. The van der Waals surface area contributed by atoms with Crippen LogP contribution in [0.3, 0.4) is 0 Å². The minimum atomic E-state index is -0.487. The lowest BCUT2D eigenvalue weighted by atomic mass is 10.1. The first-order valence-electron chi connectivity index (χ1n) is 8.65. The number of aromatic amines is 1. The Labute approximate surface area is 156 Å². The van der Waals surface area contributed by atoms with Crippen molar-refractivity contribution < 1.29 is 9.72 Å². The lowest BCUT2D eigenvalue weighted by molar-refractivity contribution is -0.384. The highest BCUT2D eigenvalue weighted by Gasteiger charge is 2.21. The van der Waals surface area contributed by atoms with E-state index in [-0.39, 0.29) is 17.5 Å². The number of imidazole rings is 1. The highest BCUT2D eigenvalue weighted by Crippen LogP contribution is 2.30. The van der Waals surface area contributed by atoms with E-state index in [0.717, 1.165) is 11.3 Å². The summed E-state index contributed by atoms with van der Waals surface area (Å²) in [7, 11) is 0. The fourth-order valence-corrected chi connectivity index (χ4v) is 2.85. The molecule has 0 amide bonds. The Morgan fingerprint density at radius 2 is 2.00 bits per heavy atom. The standard InChI is InChI=1S/C20H20N4O3/c1-3-16(20-21-12-18(23-20)14-7-5-4-6-8-14)22-17-10-9-15(13(2)25)11-19(17)24(26)27/h4-12,16,22H,3H2,1-2H3,(H,21,23)/t16-/m1/s1. The molecule has 138 valence electrons. The average Bonchev–Trinajstić information content (AvgIpc) is 3.16. The first kappa shape index (κ1) is 18.3. The van der Waals surface area contributed by atoms with Gasteiger partial charge in [0.25, 0.3) is 5.69 Å². The molecule has 7 nitrogen and oxygen atoms in total. The van der Waals surface area contributed by atoms with Crippen LogP contribution >= 0.6 is 0 Å². The molecule has 0 radical (unpaired) electrons. The summed E-state index contributed by atoms with van der Waals surface area (Å²) < 4.78 is 0. The molecule has 1 aromatic heterocycles. The Balaban J connectivity index is 1.89. The minimum absolute atomic E-state index is 0.129. The zero-order chi connectivity index (χ0) is 19.4. The molecular weight excluding hydrogens is 344 g/mol. The number of benzene rings is 2. The second-order valence-electron chi connectivity index (χ2n) is 6.20. The van der Waals surface area contributed by atoms with Gasteiger partial charge in [0.1, 0.15) is 11.5 Å². The Morgan fingerprint density at radius 3 is 2.63 bits per heavy atom. The number of ketones is 1. The maximum absolute atomic E-state index is 11.5. The van der Waals surface area contributed by atoms with Crippen molar-refractivity contribution in [3.05, 3.63) is 76.2 Å². The first-order valence-corrected chi connectivity index (χ1v) is 8.65. The molecule has 1 atom stereocenters. The summed E-state index contributed by atoms with van der Waals surface area (Å²) in [4.78, 5) is 30.2. The summed E-state index contributed by atoms with van der Waals surface area (Å²) in [6.45, 7) is 3.35. The number of hydrogen-bond acceptors (Lipinski definition) is 5. The molecule has 2 aromatic carbocycles. The van der Waals surface area contributed by atoms with E-state index >= 15 is 0 Å². The minimum Gasteiger partial charge on any atom is -0.370 e. The number of Topliss-reactive ketones (excluding diaryl/α,β-unsaturated/α-hetero) is 1. The van der Waals surface area contributed by atoms with Gasteiger partial charge in [0.2, 0.25) is 0 Å². The number of rotatable bonds is 7. The number of hydrogen-bond donors (Lipinski definition) is 2. The van der Waals surface area contributed by atoms with E-state index in [9.17, 15) is 14.9 Å². The molecule has 0 fully saturated rings. The summed E-state index contributed by atoms with van der Waals surface area (Å²) in [5, 5.41) is 14.6. The van der Waals surface area contributed by atoms with Crippen LogP contribution in [0.5, 0.6) is 0 Å². The molecule has 27 heavy (non-hydrogen) atoms. The third kappa shape index (κ3) is 4.03. The van der Waals surface area contributed by atoms with Crippen molar-refractivity contribution in [2.75, 3.05) is 5.32 Å². The topological polar surface area (TPSA) is 101 Å². The SMILES string of the molecule is CC[C@@H](Nc1ccc(C(C)=O)cc1[N+](=O)[O-])c1ncc(-c2ccccc2)[nH]1. The molecule has 0 aliphatic carbocycles. The molecule has 2 N–H and O–H groups in total. The van der Waals surface area contributed by atoms with Gasteiger partial charge in [-0.1, -0.05) is 37.3 Å². The number of H-pyrrole nitrogens is 1. The van der Waals surface area contributed by atoms with Crippen LogP contribution in [0.4, 0.5) is 11.4 Å². The highest BCUT2D eigenvalue weighted by atomic mass is 16.6. The summed E-state index contributed by atoms with van der Waals surface area (Å²) >= 11 is 0.